The van der Waals surface area contributed by atoms with Crippen LogP contribution < -0.4 is 15.4 Å². The molecule has 0 bridgehead atoms. The number of carbonyl (C=O) groups is 2. The van der Waals surface area contributed by atoms with Gasteiger partial charge in [0.2, 0.25) is 0 Å². The fraction of sp³-hybridized carbons (Fsp3) is 0.0476. The second-order valence-corrected chi connectivity index (χ2v) is 5.76. The lowest BCUT2D eigenvalue weighted by molar-refractivity contribution is 0.102. The van der Waals surface area contributed by atoms with Gasteiger partial charge >= 0.3 is 6.09 Å². The molecule has 0 fully saturated rings. The summed E-state index contributed by atoms with van der Waals surface area (Å²) in [4.78, 5) is 23.0. The first-order chi connectivity index (χ1) is 13.1. The molecule has 3 aromatic carbocycles. The van der Waals surface area contributed by atoms with Gasteiger partial charge in [-0.25, -0.2) is 4.79 Å². The molecule has 0 radical (unpaired) electrons. The highest BCUT2D eigenvalue weighted by Gasteiger charge is 2.08. The summed E-state index contributed by atoms with van der Waals surface area (Å²) in [7, 11) is 0. The Bertz CT molecular complexity index is 924. The first-order valence-corrected chi connectivity index (χ1v) is 8.28. The van der Waals surface area contributed by atoms with Crippen LogP contribution in [0.2, 0.25) is 0 Å². The summed E-state index contributed by atoms with van der Waals surface area (Å²) in [5, 5.41) is 13.7. The summed E-state index contributed by atoms with van der Waals surface area (Å²) in [6, 6.07) is 23.1. The third-order valence-corrected chi connectivity index (χ3v) is 3.74. The van der Waals surface area contributed by atoms with Crippen molar-refractivity contribution >= 4 is 23.4 Å². The molecule has 136 valence electrons. The number of anilines is 2. The van der Waals surface area contributed by atoms with E-state index in [9.17, 15) is 9.59 Å². The fourth-order valence-electron chi connectivity index (χ4n) is 2.43. The summed E-state index contributed by atoms with van der Waals surface area (Å²) in [6.45, 7) is 0.421. The van der Waals surface area contributed by atoms with E-state index in [2.05, 4.69) is 10.6 Å². The maximum absolute atomic E-state index is 12.4. The van der Waals surface area contributed by atoms with E-state index < -0.39 is 6.09 Å². The maximum Gasteiger partial charge on any atom is 0.409 e. The van der Waals surface area contributed by atoms with E-state index >= 15 is 0 Å². The second kappa shape index (κ2) is 8.53. The lowest BCUT2D eigenvalue weighted by atomic mass is 10.2. The van der Waals surface area contributed by atoms with Crippen LogP contribution in [0.3, 0.4) is 0 Å². The molecule has 0 aromatic heterocycles. The zero-order valence-corrected chi connectivity index (χ0v) is 14.4. The lowest BCUT2D eigenvalue weighted by Crippen LogP contribution is -2.12. The number of ether oxygens (including phenoxy) is 1. The molecule has 6 nitrogen and oxygen atoms in total. The molecule has 3 rings (SSSR count). The number of hydrogen-bond acceptors (Lipinski definition) is 3. The lowest BCUT2D eigenvalue weighted by Gasteiger charge is -2.09. The molecular formula is C21H18N2O4. The van der Waals surface area contributed by atoms with Crippen molar-refractivity contribution in [2.75, 3.05) is 10.6 Å². The van der Waals surface area contributed by atoms with Crippen molar-refractivity contribution in [3.63, 3.8) is 0 Å². The first-order valence-electron chi connectivity index (χ1n) is 8.28. The van der Waals surface area contributed by atoms with Crippen LogP contribution in [-0.4, -0.2) is 17.1 Å². The topological polar surface area (TPSA) is 87.7 Å². The van der Waals surface area contributed by atoms with Crippen molar-refractivity contribution in [1.82, 2.24) is 0 Å². The van der Waals surface area contributed by atoms with Gasteiger partial charge in [-0.15, -0.1) is 0 Å². The molecule has 0 aliphatic heterocycles. The Kier molecular flexibility index (Phi) is 5.69. The second-order valence-electron chi connectivity index (χ2n) is 5.76. The predicted octanol–water partition coefficient (Wildman–Crippen LogP) is 4.61. The molecule has 2 amide bonds. The molecule has 3 aromatic rings. The van der Waals surface area contributed by atoms with Crippen LogP contribution >= 0.6 is 0 Å². The van der Waals surface area contributed by atoms with E-state index in [-0.39, 0.29) is 5.91 Å². The van der Waals surface area contributed by atoms with Crippen molar-refractivity contribution in [1.29, 1.82) is 0 Å². The molecule has 0 aliphatic carbocycles. The van der Waals surface area contributed by atoms with Crippen molar-refractivity contribution in [3.05, 3.63) is 90.0 Å². The third kappa shape index (κ3) is 5.34. The van der Waals surface area contributed by atoms with E-state index in [1.165, 1.54) is 0 Å². The van der Waals surface area contributed by atoms with Gasteiger partial charge in [0.1, 0.15) is 12.4 Å². The Labute approximate surface area is 156 Å². The Balaban J connectivity index is 1.62. The molecule has 0 atom stereocenters. The Hall–Kier alpha value is -3.80. The molecule has 0 unspecified atom stereocenters. The SMILES string of the molecule is O=C(O)Nc1ccc(NC(=O)c2cccc(OCc3ccccc3)c2)cc1. The number of rotatable bonds is 6. The predicted molar refractivity (Wildman–Crippen MR) is 103 cm³/mol. The number of amides is 2. The zero-order chi connectivity index (χ0) is 19.1. The van der Waals surface area contributed by atoms with E-state index in [4.69, 9.17) is 9.84 Å². The summed E-state index contributed by atoms with van der Waals surface area (Å²) in [6.07, 6.45) is -1.14. The van der Waals surface area contributed by atoms with Gasteiger partial charge in [0.25, 0.3) is 5.91 Å². The number of hydrogen-bond donors (Lipinski definition) is 3. The molecule has 0 saturated carbocycles. The molecule has 0 saturated heterocycles. The van der Waals surface area contributed by atoms with Crippen molar-refractivity contribution in [3.8, 4) is 5.75 Å². The molecule has 3 N–H and O–H groups in total. The van der Waals surface area contributed by atoms with Crippen molar-refractivity contribution < 1.29 is 19.4 Å². The van der Waals surface area contributed by atoms with E-state index in [0.29, 0.717) is 29.3 Å². The van der Waals surface area contributed by atoms with E-state index in [1.807, 2.05) is 30.3 Å². The highest BCUT2D eigenvalue weighted by molar-refractivity contribution is 6.04. The van der Waals surface area contributed by atoms with Crippen LogP contribution in [0.5, 0.6) is 5.75 Å². The normalized spacial score (nSPS) is 10.1. The smallest absolute Gasteiger partial charge is 0.409 e. The van der Waals surface area contributed by atoms with Crippen LogP contribution in [0.1, 0.15) is 15.9 Å². The number of benzene rings is 3. The van der Waals surface area contributed by atoms with Crippen molar-refractivity contribution in [2.45, 2.75) is 6.61 Å². The highest BCUT2D eigenvalue weighted by atomic mass is 16.5. The van der Waals surface area contributed by atoms with E-state index in [0.717, 1.165) is 5.56 Å². The zero-order valence-electron chi connectivity index (χ0n) is 14.4. The molecular weight excluding hydrogens is 344 g/mol. The number of carboxylic acid groups (broad SMARTS) is 1. The molecule has 6 heteroatoms. The molecule has 0 spiro atoms. The minimum atomic E-state index is -1.14. The van der Waals surface area contributed by atoms with E-state index in [1.54, 1.807) is 48.5 Å². The largest absolute Gasteiger partial charge is 0.489 e. The monoisotopic (exact) mass is 362 g/mol. The summed E-state index contributed by atoms with van der Waals surface area (Å²) < 4.78 is 5.74. The Morgan fingerprint density at radius 2 is 1.48 bits per heavy atom. The standard InChI is InChI=1S/C21H18N2O4/c24-20(22-17-9-11-18(12-10-17)23-21(25)26)16-7-4-8-19(13-16)27-14-15-5-2-1-3-6-15/h1-13,23H,14H2,(H,22,24)(H,25,26). The van der Waals surface area contributed by atoms with Crippen LogP contribution in [0, 0.1) is 0 Å². The Morgan fingerprint density at radius 1 is 0.815 bits per heavy atom. The minimum absolute atomic E-state index is 0.279. The van der Waals surface area contributed by atoms with Crippen LogP contribution in [0.15, 0.2) is 78.9 Å². The van der Waals surface area contributed by atoms with Crippen molar-refractivity contribution in [2.24, 2.45) is 0 Å². The van der Waals surface area contributed by atoms with Crippen LogP contribution in [-0.2, 0) is 6.61 Å². The fourth-order valence-corrected chi connectivity index (χ4v) is 2.43. The van der Waals surface area contributed by atoms with Gasteiger partial charge in [-0.1, -0.05) is 36.4 Å². The van der Waals surface area contributed by atoms with Gasteiger partial charge in [0, 0.05) is 16.9 Å². The molecule has 0 heterocycles. The molecule has 0 aliphatic rings. The first kappa shape index (κ1) is 18.0. The number of nitrogens with one attached hydrogen (secondary N) is 2. The van der Waals surface area contributed by atoms with Crippen LogP contribution in [0.25, 0.3) is 0 Å². The van der Waals surface area contributed by atoms with Gasteiger partial charge in [-0.05, 0) is 48.0 Å². The summed E-state index contributed by atoms with van der Waals surface area (Å²) >= 11 is 0. The van der Waals surface area contributed by atoms with Gasteiger partial charge in [0.05, 0.1) is 0 Å². The summed E-state index contributed by atoms with van der Waals surface area (Å²) in [5.41, 5.74) is 2.50. The van der Waals surface area contributed by atoms with Gasteiger partial charge < -0.3 is 15.2 Å². The van der Waals surface area contributed by atoms with Gasteiger partial charge in [0.15, 0.2) is 0 Å². The quantitative estimate of drug-likeness (QED) is 0.598. The van der Waals surface area contributed by atoms with Gasteiger partial charge in [-0.2, -0.15) is 0 Å². The van der Waals surface area contributed by atoms with Gasteiger partial charge in [-0.3, -0.25) is 10.1 Å². The molecule has 27 heavy (non-hydrogen) atoms. The Morgan fingerprint density at radius 3 is 2.15 bits per heavy atom. The highest BCUT2D eigenvalue weighted by Crippen LogP contribution is 2.18. The van der Waals surface area contributed by atoms with Crippen LogP contribution in [0.4, 0.5) is 16.2 Å². The minimum Gasteiger partial charge on any atom is -0.489 e. The average molecular weight is 362 g/mol. The number of carbonyl (C=O) groups excluding carboxylic acids is 1. The maximum atomic E-state index is 12.4. The summed E-state index contributed by atoms with van der Waals surface area (Å²) in [5.74, 6) is 0.326. The average Bonchev–Trinajstić information content (AvgIpc) is 2.68. The third-order valence-electron chi connectivity index (χ3n) is 3.74.